The predicted octanol–water partition coefficient (Wildman–Crippen LogP) is 3.03. The van der Waals surface area contributed by atoms with Crippen LogP contribution in [0, 0.1) is 0 Å². The van der Waals surface area contributed by atoms with Crippen LogP contribution in [0.25, 0.3) is 11.1 Å². The number of ether oxygens (including phenoxy) is 2. The first-order valence-corrected chi connectivity index (χ1v) is 8.40. The summed E-state index contributed by atoms with van der Waals surface area (Å²) in [7, 11) is 0. The van der Waals surface area contributed by atoms with Crippen molar-refractivity contribution in [3.05, 3.63) is 53.0 Å². The molecule has 0 saturated heterocycles. The highest BCUT2D eigenvalue weighted by Gasteiger charge is 2.14. The van der Waals surface area contributed by atoms with Crippen molar-refractivity contribution in [3.8, 4) is 11.5 Å². The van der Waals surface area contributed by atoms with Gasteiger partial charge in [0.05, 0.1) is 24.4 Å². The third-order valence-corrected chi connectivity index (χ3v) is 3.71. The van der Waals surface area contributed by atoms with Gasteiger partial charge in [0.25, 0.3) is 0 Å². The lowest BCUT2D eigenvalue weighted by Crippen LogP contribution is -2.25. The summed E-state index contributed by atoms with van der Waals surface area (Å²) in [6.07, 6.45) is 0. The second-order valence-corrected chi connectivity index (χ2v) is 5.49. The van der Waals surface area contributed by atoms with Crippen molar-refractivity contribution in [2.24, 2.45) is 0 Å². The first-order valence-electron chi connectivity index (χ1n) is 8.40. The number of carbonyl (C=O) groups is 1. The van der Waals surface area contributed by atoms with Gasteiger partial charge < -0.3 is 19.2 Å². The van der Waals surface area contributed by atoms with Crippen molar-refractivity contribution >= 4 is 22.7 Å². The van der Waals surface area contributed by atoms with Gasteiger partial charge in [0.1, 0.15) is 18.0 Å². The van der Waals surface area contributed by atoms with Crippen LogP contribution in [0.2, 0.25) is 0 Å². The Hall–Kier alpha value is -3.22. The number of aromatic nitrogens is 1. The van der Waals surface area contributed by atoms with Crippen LogP contribution in [0.5, 0.6) is 11.5 Å². The van der Waals surface area contributed by atoms with E-state index in [0.29, 0.717) is 41.5 Å². The van der Waals surface area contributed by atoms with E-state index < -0.39 is 5.76 Å². The van der Waals surface area contributed by atoms with Gasteiger partial charge in [-0.05, 0) is 38.1 Å². The summed E-state index contributed by atoms with van der Waals surface area (Å²) in [5.74, 6) is 0.216. The van der Waals surface area contributed by atoms with Crippen LogP contribution in [0.4, 0.5) is 5.69 Å². The molecular weight excluding hydrogens is 336 g/mol. The third-order valence-electron chi connectivity index (χ3n) is 3.71. The van der Waals surface area contributed by atoms with Gasteiger partial charge in [-0.2, -0.15) is 0 Å². The van der Waals surface area contributed by atoms with Crippen LogP contribution in [-0.4, -0.2) is 23.7 Å². The topological polar surface area (TPSA) is 82.7 Å². The highest BCUT2D eigenvalue weighted by atomic mass is 16.5. The first-order chi connectivity index (χ1) is 12.6. The standard InChI is InChI=1S/C19H20N2O5/c1-3-24-13-9-10-16(25-4-2)14(11-13)20-18(22)12-21-15-7-5-6-8-17(15)26-19(21)23/h5-11H,3-4,12H2,1-2H3,(H,20,22). The maximum atomic E-state index is 12.5. The molecule has 1 heterocycles. The molecule has 0 aliphatic carbocycles. The summed E-state index contributed by atoms with van der Waals surface area (Å²) in [5.41, 5.74) is 1.50. The number of nitrogens with zero attached hydrogens (tertiary/aromatic N) is 1. The Bertz CT molecular complexity index is 973. The van der Waals surface area contributed by atoms with Crippen molar-refractivity contribution < 1.29 is 18.7 Å². The summed E-state index contributed by atoms with van der Waals surface area (Å²) < 4.78 is 17.4. The smallest absolute Gasteiger partial charge is 0.420 e. The largest absolute Gasteiger partial charge is 0.494 e. The zero-order valence-electron chi connectivity index (χ0n) is 14.7. The number of hydrogen-bond acceptors (Lipinski definition) is 5. The van der Waals surface area contributed by atoms with Crippen LogP contribution in [-0.2, 0) is 11.3 Å². The SMILES string of the molecule is CCOc1ccc(OCC)c(NC(=O)Cn2c(=O)oc3ccccc32)c1. The van der Waals surface area contributed by atoms with Crippen molar-refractivity contribution in [2.75, 3.05) is 18.5 Å². The average molecular weight is 356 g/mol. The maximum Gasteiger partial charge on any atom is 0.420 e. The molecule has 26 heavy (non-hydrogen) atoms. The number of carbonyl (C=O) groups excluding carboxylic acids is 1. The second kappa shape index (κ2) is 7.77. The van der Waals surface area contributed by atoms with Crippen molar-refractivity contribution in [1.29, 1.82) is 0 Å². The summed E-state index contributed by atoms with van der Waals surface area (Å²) in [5, 5.41) is 2.78. The number of para-hydroxylation sites is 2. The molecule has 0 radical (unpaired) electrons. The molecular formula is C19H20N2O5. The van der Waals surface area contributed by atoms with Gasteiger partial charge in [-0.1, -0.05) is 12.1 Å². The van der Waals surface area contributed by atoms with Crippen molar-refractivity contribution in [2.45, 2.75) is 20.4 Å². The van der Waals surface area contributed by atoms with E-state index in [9.17, 15) is 9.59 Å². The Morgan fingerprint density at radius 1 is 1.12 bits per heavy atom. The molecule has 7 heteroatoms. The van der Waals surface area contributed by atoms with Crippen LogP contribution >= 0.6 is 0 Å². The number of anilines is 1. The van der Waals surface area contributed by atoms with Crippen LogP contribution in [0.3, 0.4) is 0 Å². The number of benzene rings is 2. The van der Waals surface area contributed by atoms with Crippen molar-refractivity contribution in [1.82, 2.24) is 4.57 Å². The molecule has 3 rings (SSSR count). The number of oxazole rings is 1. The average Bonchev–Trinajstić information content (AvgIpc) is 2.93. The molecule has 0 aliphatic rings. The zero-order chi connectivity index (χ0) is 18.5. The summed E-state index contributed by atoms with van der Waals surface area (Å²) >= 11 is 0. The summed E-state index contributed by atoms with van der Waals surface area (Å²) in [6, 6.07) is 12.2. The molecule has 1 amide bonds. The van der Waals surface area contributed by atoms with E-state index in [-0.39, 0.29) is 12.5 Å². The number of rotatable bonds is 7. The van der Waals surface area contributed by atoms with Crippen LogP contribution in [0.1, 0.15) is 13.8 Å². The maximum absolute atomic E-state index is 12.5. The Balaban J connectivity index is 1.84. The summed E-state index contributed by atoms with van der Waals surface area (Å²) in [4.78, 5) is 24.5. The fourth-order valence-electron chi connectivity index (χ4n) is 2.64. The highest BCUT2D eigenvalue weighted by Crippen LogP contribution is 2.29. The molecule has 1 N–H and O–H groups in total. The van der Waals surface area contributed by atoms with E-state index in [0.717, 1.165) is 0 Å². The lowest BCUT2D eigenvalue weighted by molar-refractivity contribution is -0.116. The number of fused-ring (bicyclic) bond motifs is 1. The summed E-state index contributed by atoms with van der Waals surface area (Å²) in [6.45, 7) is 4.55. The molecule has 3 aromatic rings. The minimum Gasteiger partial charge on any atom is -0.494 e. The van der Waals surface area contributed by atoms with E-state index in [1.807, 2.05) is 13.8 Å². The molecule has 2 aromatic carbocycles. The number of nitrogens with one attached hydrogen (secondary N) is 1. The second-order valence-electron chi connectivity index (χ2n) is 5.49. The molecule has 0 saturated carbocycles. The zero-order valence-corrected chi connectivity index (χ0v) is 14.7. The minimum absolute atomic E-state index is 0.166. The molecule has 0 atom stereocenters. The van der Waals surface area contributed by atoms with Gasteiger partial charge >= 0.3 is 5.76 Å². The Kier molecular flexibility index (Phi) is 5.26. The lowest BCUT2D eigenvalue weighted by atomic mass is 10.2. The fourth-order valence-corrected chi connectivity index (χ4v) is 2.64. The molecule has 0 fully saturated rings. The monoisotopic (exact) mass is 356 g/mol. The molecule has 1 aromatic heterocycles. The minimum atomic E-state index is -0.575. The Morgan fingerprint density at radius 3 is 2.65 bits per heavy atom. The predicted molar refractivity (Wildman–Crippen MR) is 97.9 cm³/mol. The van der Waals surface area contributed by atoms with Gasteiger partial charge in [-0.3, -0.25) is 9.36 Å². The van der Waals surface area contributed by atoms with Gasteiger partial charge in [0.15, 0.2) is 5.58 Å². The van der Waals surface area contributed by atoms with Gasteiger partial charge in [-0.25, -0.2) is 4.79 Å². The van der Waals surface area contributed by atoms with E-state index in [1.165, 1.54) is 4.57 Å². The van der Waals surface area contributed by atoms with Gasteiger partial charge in [-0.15, -0.1) is 0 Å². The van der Waals surface area contributed by atoms with Gasteiger partial charge in [0, 0.05) is 6.07 Å². The quantitative estimate of drug-likeness (QED) is 0.704. The molecule has 7 nitrogen and oxygen atoms in total. The van der Waals surface area contributed by atoms with Crippen LogP contribution < -0.4 is 20.5 Å². The third kappa shape index (κ3) is 3.72. The van der Waals surface area contributed by atoms with E-state index >= 15 is 0 Å². The highest BCUT2D eigenvalue weighted by molar-refractivity contribution is 5.93. The van der Waals surface area contributed by atoms with E-state index in [1.54, 1.807) is 42.5 Å². The number of hydrogen-bond donors (Lipinski definition) is 1. The van der Waals surface area contributed by atoms with E-state index in [4.69, 9.17) is 13.9 Å². The van der Waals surface area contributed by atoms with Gasteiger partial charge in [0.2, 0.25) is 5.91 Å². The molecule has 0 spiro atoms. The lowest BCUT2D eigenvalue weighted by Gasteiger charge is -2.13. The Morgan fingerprint density at radius 2 is 1.88 bits per heavy atom. The number of amides is 1. The molecule has 0 aliphatic heterocycles. The van der Waals surface area contributed by atoms with E-state index in [2.05, 4.69) is 5.32 Å². The normalized spacial score (nSPS) is 10.7. The molecule has 0 unspecified atom stereocenters. The fraction of sp³-hybridized carbons (Fsp3) is 0.263. The van der Waals surface area contributed by atoms with Crippen LogP contribution in [0.15, 0.2) is 51.7 Å². The van der Waals surface area contributed by atoms with Crippen molar-refractivity contribution in [3.63, 3.8) is 0 Å². The molecule has 0 bridgehead atoms. The molecule has 136 valence electrons. The Labute approximate surface area is 150 Å². The first kappa shape index (κ1) is 17.6.